The van der Waals surface area contributed by atoms with E-state index in [0.29, 0.717) is 6.61 Å². The van der Waals surface area contributed by atoms with E-state index in [4.69, 9.17) is 4.74 Å². The summed E-state index contributed by atoms with van der Waals surface area (Å²) in [7, 11) is 0. The molecule has 1 amide bonds. The average Bonchev–Trinajstić information content (AvgIpc) is 2.62. The number of amides is 1. The third kappa shape index (κ3) is 4.29. The highest BCUT2D eigenvalue weighted by Crippen LogP contribution is 2.30. The molecule has 0 bridgehead atoms. The third-order valence-corrected chi connectivity index (χ3v) is 4.81. The van der Waals surface area contributed by atoms with Crippen LogP contribution in [0.5, 0.6) is 5.75 Å². The third-order valence-electron chi connectivity index (χ3n) is 4.32. The van der Waals surface area contributed by atoms with Gasteiger partial charge in [0.25, 0.3) is 5.91 Å². The molecule has 0 saturated carbocycles. The first-order valence-corrected chi connectivity index (χ1v) is 9.30. The summed E-state index contributed by atoms with van der Waals surface area (Å²) in [5.74, 6) is 0.359. The molecule has 2 aromatic rings. The van der Waals surface area contributed by atoms with Crippen LogP contribution in [0.15, 0.2) is 52.0 Å². The molecule has 0 saturated heterocycles. The van der Waals surface area contributed by atoms with Crippen molar-refractivity contribution < 1.29 is 9.53 Å². The Morgan fingerprint density at radius 3 is 2.59 bits per heavy atom. The highest BCUT2D eigenvalue weighted by molar-refractivity contribution is 9.10. The van der Waals surface area contributed by atoms with Gasteiger partial charge in [-0.05, 0) is 67.8 Å². The lowest BCUT2D eigenvalue weighted by Crippen LogP contribution is -2.16. The number of carbonyl (C=O) groups is 1. The van der Waals surface area contributed by atoms with Gasteiger partial charge in [0.2, 0.25) is 0 Å². The molecule has 136 valence electrons. The van der Waals surface area contributed by atoms with Crippen LogP contribution in [0.3, 0.4) is 0 Å². The Kier molecular flexibility index (Phi) is 5.48. The maximum Gasteiger partial charge on any atom is 0.266 e. The summed E-state index contributed by atoms with van der Waals surface area (Å²) < 4.78 is 6.65. The summed E-state index contributed by atoms with van der Waals surface area (Å²) in [5, 5.41) is 12.3. The summed E-state index contributed by atoms with van der Waals surface area (Å²) in [5.41, 5.74) is 5.54. The number of ether oxygens (including phenoxy) is 1. The quantitative estimate of drug-likeness (QED) is 0.543. The predicted octanol–water partition coefficient (Wildman–Crippen LogP) is 5.24. The number of nitrogens with zero attached hydrogens (tertiary/aromatic N) is 1. The number of carbonyl (C=O) groups excluding carboxylic acids is 1. The fourth-order valence-electron chi connectivity index (χ4n) is 3.14. The van der Waals surface area contributed by atoms with Crippen molar-refractivity contribution in [3.63, 3.8) is 0 Å². The Bertz CT molecular complexity index is 1010. The molecule has 2 aromatic carbocycles. The second-order valence-electron chi connectivity index (χ2n) is 6.59. The maximum absolute atomic E-state index is 12.6. The van der Waals surface area contributed by atoms with Crippen molar-refractivity contribution in [3.05, 3.63) is 74.3 Å². The minimum atomic E-state index is -0.423. The van der Waals surface area contributed by atoms with Crippen LogP contribution < -0.4 is 10.1 Å². The van der Waals surface area contributed by atoms with Crippen LogP contribution in [-0.4, -0.2) is 12.5 Å². The van der Waals surface area contributed by atoms with Gasteiger partial charge in [0.1, 0.15) is 24.0 Å². The Hall–Kier alpha value is -2.84. The Labute approximate surface area is 167 Å². The number of hydrogen-bond donors (Lipinski definition) is 1. The summed E-state index contributed by atoms with van der Waals surface area (Å²) in [6.45, 7) is 6.21. The fraction of sp³-hybridized carbons (Fsp3) is 0.182. The summed E-state index contributed by atoms with van der Waals surface area (Å²) in [6, 6.07) is 11.7. The van der Waals surface area contributed by atoms with Gasteiger partial charge >= 0.3 is 0 Å². The van der Waals surface area contributed by atoms with Gasteiger partial charge in [-0.1, -0.05) is 33.6 Å². The van der Waals surface area contributed by atoms with E-state index < -0.39 is 5.91 Å². The molecule has 0 aliphatic carbocycles. The molecule has 0 unspecified atom stereocenters. The van der Waals surface area contributed by atoms with Gasteiger partial charge in [0.05, 0.1) is 0 Å². The molecule has 0 spiro atoms. The molecule has 4 nitrogen and oxygen atoms in total. The van der Waals surface area contributed by atoms with E-state index >= 15 is 0 Å². The minimum Gasteiger partial charge on any atom is -0.488 e. The van der Waals surface area contributed by atoms with E-state index in [-0.39, 0.29) is 5.57 Å². The highest BCUT2D eigenvalue weighted by atomic mass is 79.9. The standard InChI is InChI=1S/C22H19BrN2O2/c1-13-6-14(2)21(15(3)7-13)25-22(26)18(11-24)9-16-8-17-10-19(23)4-5-20(17)27-12-16/h4-10H,12H2,1-3H3,(H,25,26)/b18-9-. The van der Waals surface area contributed by atoms with Crippen molar-refractivity contribution in [1.82, 2.24) is 0 Å². The molecule has 1 N–H and O–H groups in total. The summed E-state index contributed by atoms with van der Waals surface area (Å²) in [4.78, 5) is 12.6. The molecule has 5 heteroatoms. The zero-order valence-corrected chi connectivity index (χ0v) is 17.0. The number of benzene rings is 2. The molecular formula is C22H19BrN2O2. The van der Waals surface area contributed by atoms with E-state index in [1.807, 2.05) is 63.2 Å². The Morgan fingerprint density at radius 2 is 1.93 bits per heavy atom. The van der Waals surface area contributed by atoms with Gasteiger partial charge in [-0.3, -0.25) is 4.79 Å². The second kappa shape index (κ2) is 7.81. The van der Waals surface area contributed by atoms with Gasteiger partial charge in [-0.25, -0.2) is 0 Å². The van der Waals surface area contributed by atoms with Gasteiger partial charge in [0.15, 0.2) is 0 Å². The van der Waals surface area contributed by atoms with Crippen LogP contribution in [0.25, 0.3) is 6.08 Å². The van der Waals surface area contributed by atoms with Gasteiger partial charge in [-0.15, -0.1) is 0 Å². The van der Waals surface area contributed by atoms with E-state index in [1.165, 1.54) is 0 Å². The number of fused-ring (bicyclic) bond motifs is 1. The van der Waals surface area contributed by atoms with Crippen molar-refractivity contribution in [3.8, 4) is 11.8 Å². The molecule has 27 heavy (non-hydrogen) atoms. The highest BCUT2D eigenvalue weighted by Gasteiger charge is 2.16. The number of anilines is 1. The zero-order valence-electron chi connectivity index (χ0n) is 15.4. The molecule has 1 heterocycles. The number of aryl methyl sites for hydroxylation is 3. The Balaban J connectivity index is 1.87. The van der Waals surface area contributed by atoms with E-state index in [1.54, 1.807) is 6.08 Å². The normalized spacial score (nSPS) is 13.1. The summed E-state index contributed by atoms with van der Waals surface area (Å²) >= 11 is 3.44. The molecule has 1 aliphatic heterocycles. The lowest BCUT2D eigenvalue weighted by molar-refractivity contribution is -0.112. The first-order chi connectivity index (χ1) is 12.9. The fourth-order valence-corrected chi connectivity index (χ4v) is 3.52. The number of rotatable bonds is 3. The van der Waals surface area contributed by atoms with Crippen molar-refractivity contribution in [2.45, 2.75) is 20.8 Å². The first kappa shape index (κ1) is 18.9. The topological polar surface area (TPSA) is 62.1 Å². The molecule has 0 fully saturated rings. The number of hydrogen-bond acceptors (Lipinski definition) is 3. The van der Waals surface area contributed by atoms with Gasteiger partial charge in [0, 0.05) is 15.7 Å². The van der Waals surface area contributed by atoms with Crippen molar-refractivity contribution in [2.75, 3.05) is 11.9 Å². The minimum absolute atomic E-state index is 0.0441. The van der Waals surface area contributed by atoms with E-state index in [9.17, 15) is 10.1 Å². The second-order valence-corrected chi connectivity index (χ2v) is 7.50. The van der Waals surface area contributed by atoms with Gasteiger partial charge < -0.3 is 10.1 Å². The SMILES string of the molecule is Cc1cc(C)c(NC(=O)/C(C#N)=C\C2=Cc3cc(Br)ccc3OC2)c(C)c1. The zero-order chi connectivity index (χ0) is 19.6. The number of nitrogens with one attached hydrogen (secondary N) is 1. The number of halogens is 1. The molecule has 0 atom stereocenters. The average molecular weight is 423 g/mol. The monoisotopic (exact) mass is 422 g/mol. The van der Waals surface area contributed by atoms with Crippen molar-refractivity contribution in [1.29, 1.82) is 5.26 Å². The predicted molar refractivity (Wildman–Crippen MR) is 111 cm³/mol. The van der Waals surface area contributed by atoms with Crippen LogP contribution in [0.4, 0.5) is 5.69 Å². The molecule has 1 aliphatic rings. The molecule has 0 radical (unpaired) electrons. The largest absolute Gasteiger partial charge is 0.488 e. The van der Waals surface area contributed by atoms with Crippen LogP contribution in [0, 0.1) is 32.1 Å². The molecular weight excluding hydrogens is 404 g/mol. The smallest absolute Gasteiger partial charge is 0.266 e. The lowest BCUT2D eigenvalue weighted by Gasteiger charge is -2.17. The number of nitriles is 1. The van der Waals surface area contributed by atoms with Crippen molar-refractivity contribution in [2.24, 2.45) is 0 Å². The van der Waals surface area contributed by atoms with Crippen molar-refractivity contribution >= 4 is 33.6 Å². The van der Waals surface area contributed by atoms with E-state index in [2.05, 4.69) is 21.2 Å². The van der Waals surface area contributed by atoms with Crippen LogP contribution in [0.1, 0.15) is 22.3 Å². The molecule has 3 rings (SSSR count). The Morgan fingerprint density at radius 1 is 1.22 bits per heavy atom. The maximum atomic E-state index is 12.6. The first-order valence-electron chi connectivity index (χ1n) is 8.51. The van der Waals surface area contributed by atoms with E-state index in [0.717, 1.165) is 43.7 Å². The van der Waals surface area contributed by atoms with Crippen LogP contribution >= 0.6 is 15.9 Å². The lowest BCUT2D eigenvalue weighted by atomic mass is 10.0. The van der Waals surface area contributed by atoms with Crippen LogP contribution in [-0.2, 0) is 4.79 Å². The van der Waals surface area contributed by atoms with Crippen LogP contribution in [0.2, 0.25) is 0 Å². The van der Waals surface area contributed by atoms with Gasteiger partial charge in [-0.2, -0.15) is 5.26 Å². The molecule has 0 aromatic heterocycles. The summed E-state index contributed by atoms with van der Waals surface area (Å²) in [6.07, 6.45) is 3.51.